The molecule has 1 rings (SSSR count). The Morgan fingerprint density at radius 1 is 1.18 bits per heavy atom. The molecule has 94 valence electrons. The van der Waals surface area contributed by atoms with Crippen molar-refractivity contribution in [3.05, 3.63) is 30.3 Å². The van der Waals surface area contributed by atoms with Crippen LogP contribution in [0.25, 0.3) is 0 Å². The Hall–Kier alpha value is -1.71. The smallest absolute Gasteiger partial charge is 0.191 e. The zero-order valence-corrected chi connectivity index (χ0v) is 10.6. The van der Waals surface area contributed by atoms with Crippen LogP contribution < -0.4 is 15.4 Å². The summed E-state index contributed by atoms with van der Waals surface area (Å²) in [6.07, 6.45) is 1.08. The Morgan fingerprint density at radius 3 is 2.53 bits per heavy atom. The number of aliphatic imine (C=N–C) groups is 1. The number of guanidine groups is 1. The van der Waals surface area contributed by atoms with E-state index in [0.717, 1.165) is 31.2 Å². The minimum absolute atomic E-state index is 0.622. The molecule has 0 aromatic heterocycles. The number of benzene rings is 1. The molecule has 0 fully saturated rings. The van der Waals surface area contributed by atoms with Crippen molar-refractivity contribution in [1.29, 1.82) is 0 Å². The summed E-state index contributed by atoms with van der Waals surface area (Å²) in [5.41, 5.74) is 0. The topological polar surface area (TPSA) is 45.7 Å². The summed E-state index contributed by atoms with van der Waals surface area (Å²) in [6, 6.07) is 9.80. The lowest BCUT2D eigenvalue weighted by Crippen LogP contribution is -2.39. The first-order valence-electron chi connectivity index (χ1n) is 5.99. The van der Waals surface area contributed by atoms with E-state index >= 15 is 0 Å². The molecule has 0 saturated heterocycles. The van der Waals surface area contributed by atoms with Gasteiger partial charge >= 0.3 is 0 Å². The number of para-hydroxylation sites is 1. The molecule has 0 heterocycles. The van der Waals surface area contributed by atoms with Gasteiger partial charge in [-0.15, -0.1) is 0 Å². The van der Waals surface area contributed by atoms with Gasteiger partial charge in [0.2, 0.25) is 0 Å². The Balaban J connectivity index is 2.15. The van der Waals surface area contributed by atoms with Gasteiger partial charge < -0.3 is 15.4 Å². The van der Waals surface area contributed by atoms with Gasteiger partial charge in [0.05, 0.1) is 6.54 Å². The molecule has 0 bridgehead atoms. The maximum absolute atomic E-state index is 5.56. The third-order valence-corrected chi connectivity index (χ3v) is 2.17. The van der Waals surface area contributed by atoms with Crippen LogP contribution in [0, 0.1) is 0 Å². The van der Waals surface area contributed by atoms with Crippen molar-refractivity contribution in [1.82, 2.24) is 10.6 Å². The molecular formula is C13H21N3O. The van der Waals surface area contributed by atoms with E-state index in [0.29, 0.717) is 6.61 Å². The van der Waals surface area contributed by atoms with Crippen LogP contribution in [0.5, 0.6) is 5.75 Å². The first-order chi connectivity index (χ1) is 8.36. The van der Waals surface area contributed by atoms with Gasteiger partial charge in [-0.3, -0.25) is 4.99 Å². The summed E-state index contributed by atoms with van der Waals surface area (Å²) in [7, 11) is 1.77. The van der Waals surface area contributed by atoms with Crippen LogP contribution >= 0.6 is 0 Å². The molecule has 0 aliphatic heterocycles. The number of ether oxygens (including phenoxy) is 1. The molecule has 0 spiro atoms. The molecule has 4 nitrogen and oxygen atoms in total. The zero-order valence-electron chi connectivity index (χ0n) is 10.6. The van der Waals surface area contributed by atoms with Gasteiger partial charge in [-0.2, -0.15) is 0 Å². The van der Waals surface area contributed by atoms with Gasteiger partial charge in [0, 0.05) is 13.6 Å². The van der Waals surface area contributed by atoms with E-state index < -0.39 is 0 Å². The van der Waals surface area contributed by atoms with Crippen LogP contribution in [0.3, 0.4) is 0 Å². The second kappa shape index (κ2) is 8.44. The van der Waals surface area contributed by atoms with Gasteiger partial charge in [-0.25, -0.2) is 0 Å². The van der Waals surface area contributed by atoms with Crippen LogP contribution in [0.4, 0.5) is 0 Å². The molecule has 0 atom stereocenters. The predicted octanol–water partition coefficient (Wildman–Crippen LogP) is 1.64. The summed E-state index contributed by atoms with van der Waals surface area (Å²) in [6.45, 7) is 4.41. The molecule has 4 heteroatoms. The lowest BCUT2D eigenvalue weighted by molar-refractivity contribution is 0.322. The number of nitrogens with one attached hydrogen (secondary N) is 2. The van der Waals surface area contributed by atoms with Gasteiger partial charge in [0.15, 0.2) is 5.96 Å². The van der Waals surface area contributed by atoms with Crippen molar-refractivity contribution >= 4 is 5.96 Å². The third-order valence-electron chi connectivity index (χ3n) is 2.17. The average Bonchev–Trinajstić information content (AvgIpc) is 2.39. The first kappa shape index (κ1) is 13.4. The largest absolute Gasteiger partial charge is 0.492 e. The predicted molar refractivity (Wildman–Crippen MR) is 71.6 cm³/mol. The van der Waals surface area contributed by atoms with Crippen molar-refractivity contribution in [2.24, 2.45) is 4.99 Å². The second-order valence-corrected chi connectivity index (χ2v) is 3.59. The van der Waals surface area contributed by atoms with Crippen molar-refractivity contribution in [2.75, 3.05) is 26.7 Å². The molecule has 0 aliphatic rings. The highest BCUT2D eigenvalue weighted by Gasteiger charge is 1.95. The van der Waals surface area contributed by atoms with Gasteiger partial charge in [0.25, 0.3) is 0 Å². The van der Waals surface area contributed by atoms with E-state index in [9.17, 15) is 0 Å². The molecule has 0 unspecified atom stereocenters. The molecule has 0 aliphatic carbocycles. The number of nitrogens with zero attached hydrogens (tertiary/aromatic N) is 1. The second-order valence-electron chi connectivity index (χ2n) is 3.59. The highest BCUT2D eigenvalue weighted by molar-refractivity contribution is 5.79. The van der Waals surface area contributed by atoms with Crippen molar-refractivity contribution in [2.45, 2.75) is 13.3 Å². The van der Waals surface area contributed by atoms with E-state index in [1.165, 1.54) is 0 Å². The first-order valence-corrected chi connectivity index (χ1v) is 5.99. The van der Waals surface area contributed by atoms with Crippen molar-refractivity contribution in [3.8, 4) is 5.75 Å². The summed E-state index contributed by atoms with van der Waals surface area (Å²) < 4.78 is 5.56. The highest BCUT2D eigenvalue weighted by Crippen LogP contribution is 2.07. The maximum Gasteiger partial charge on any atom is 0.191 e. The Labute approximate surface area is 103 Å². The number of rotatable bonds is 6. The van der Waals surface area contributed by atoms with Crippen LogP contribution in [-0.2, 0) is 0 Å². The monoisotopic (exact) mass is 235 g/mol. The SMILES string of the molecule is CCCNC(=NC)NCCOc1ccccc1. The Morgan fingerprint density at radius 2 is 1.88 bits per heavy atom. The van der Waals surface area contributed by atoms with E-state index in [-0.39, 0.29) is 0 Å². The van der Waals surface area contributed by atoms with E-state index in [2.05, 4.69) is 22.5 Å². The third kappa shape index (κ3) is 5.80. The van der Waals surface area contributed by atoms with E-state index in [1.54, 1.807) is 7.05 Å². The fourth-order valence-corrected chi connectivity index (χ4v) is 1.32. The van der Waals surface area contributed by atoms with Crippen LogP contribution in [0.15, 0.2) is 35.3 Å². The molecule has 0 radical (unpaired) electrons. The van der Waals surface area contributed by atoms with Crippen LogP contribution in [-0.4, -0.2) is 32.7 Å². The van der Waals surface area contributed by atoms with Crippen LogP contribution in [0.2, 0.25) is 0 Å². The summed E-state index contributed by atoms with van der Waals surface area (Å²) in [4.78, 5) is 4.11. The highest BCUT2D eigenvalue weighted by atomic mass is 16.5. The Kier molecular flexibility index (Phi) is 6.63. The molecule has 2 N–H and O–H groups in total. The van der Waals surface area contributed by atoms with Crippen molar-refractivity contribution in [3.63, 3.8) is 0 Å². The van der Waals surface area contributed by atoms with Gasteiger partial charge in [0.1, 0.15) is 12.4 Å². The zero-order chi connectivity index (χ0) is 12.3. The minimum atomic E-state index is 0.622. The number of hydrogen-bond acceptors (Lipinski definition) is 2. The van der Waals surface area contributed by atoms with Crippen LogP contribution in [0.1, 0.15) is 13.3 Å². The minimum Gasteiger partial charge on any atom is -0.492 e. The van der Waals surface area contributed by atoms with Gasteiger partial charge in [-0.05, 0) is 18.6 Å². The molecular weight excluding hydrogens is 214 g/mol. The fourth-order valence-electron chi connectivity index (χ4n) is 1.32. The normalized spacial score (nSPS) is 11.1. The molecule has 0 saturated carbocycles. The summed E-state index contributed by atoms with van der Waals surface area (Å²) in [5, 5.41) is 6.39. The summed E-state index contributed by atoms with van der Waals surface area (Å²) >= 11 is 0. The average molecular weight is 235 g/mol. The number of hydrogen-bond donors (Lipinski definition) is 2. The molecule has 17 heavy (non-hydrogen) atoms. The maximum atomic E-state index is 5.56. The van der Waals surface area contributed by atoms with E-state index in [1.807, 2.05) is 30.3 Å². The van der Waals surface area contributed by atoms with Gasteiger partial charge in [-0.1, -0.05) is 25.1 Å². The quantitative estimate of drug-likeness (QED) is 0.447. The lowest BCUT2D eigenvalue weighted by Gasteiger charge is -2.11. The fraction of sp³-hybridized carbons (Fsp3) is 0.462. The Bertz CT molecular complexity index is 325. The van der Waals surface area contributed by atoms with E-state index in [4.69, 9.17) is 4.74 Å². The molecule has 0 amide bonds. The standard InChI is InChI=1S/C13H21N3O/c1-3-9-15-13(14-2)16-10-11-17-12-7-5-4-6-8-12/h4-8H,3,9-11H2,1-2H3,(H2,14,15,16). The summed E-state index contributed by atoms with van der Waals surface area (Å²) in [5.74, 6) is 1.72. The lowest BCUT2D eigenvalue weighted by atomic mass is 10.3. The molecule has 1 aromatic rings. The van der Waals surface area contributed by atoms with Crippen molar-refractivity contribution < 1.29 is 4.74 Å². The molecule has 1 aromatic carbocycles.